The Hall–Kier alpha value is -1.02. The van der Waals surface area contributed by atoms with Crippen LogP contribution in [0.5, 0.6) is 0 Å². The fourth-order valence-electron chi connectivity index (χ4n) is 3.11. The average Bonchev–Trinajstić information content (AvgIpc) is 2.50. The van der Waals surface area contributed by atoms with Crippen molar-refractivity contribution in [1.82, 2.24) is 5.32 Å². The van der Waals surface area contributed by atoms with Crippen molar-refractivity contribution < 1.29 is 0 Å². The first-order chi connectivity index (χ1) is 10.1. The summed E-state index contributed by atoms with van der Waals surface area (Å²) in [6, 6.07) is 15.3. The maximum absolute atomic E-state index is 6.12. The largest absolute Gasteiger partial charge is 0.303 e. The van der Waals surface area contributed by atoms with Crippen LogP contribution in [0.4, 0.5) is 0 Å². The van der Waals surface area contributed by atoms with Crippen molar-refractivity contribution in [2.45, 2.75) is 38.3 Å². The first-order valence-electron chi connectivity index (χ1n) is 7.44. The minimum absolute atomic E-state index is 0.246. The van der Waals surface area contributed by atoms with Crippen LogP contribution in [-0.2, 0) is 6.42 Å². The molecule has 2 atom stereocenters. The molecule has 0 heterocycles. The van der Waals surface area contributed by atoms with Gasteiger partial charge in [0.1, 0.15) is 0 Å². The number of aryl methyl sites for hydroxylation is 1. The minimum atomic E-state index is 0.246. The van der Waals surface area contributed by atoms with Crippen molar-refractivity contribution in [2.24, 2.45) is 0 Å². The van der Waals surface area contributed by atoms with Gasteiger partial charge < -0.3 is 5.32 Å². The summed E-state index contributed by atoms with van der Waals surface area (Å²) in [5, 5.41) is 4.96. The highest BCUT2D eigenvalue weighted by atomic mass is 35.5. The molecule has 2 aromatic rings. The van der Waals surface area contributed by atoms with E-state index in [1.165, 1.54) is 36.0 Å². The zero-order valence-electron chi connectivity index (χ0n) is 12.1. The molecule has 0 radical (unpaired) electrons. The Balaban J connectivity index is 1.79. The van der Waals surface area contributed by atoms with Gasteiger partial charge in [0.2, 0.25) is 0 Å². The molecule has 2 unspecified atom stereocenters. The normalized spacial score (nSPS) is 19.1. The van der Waals surface area contributed by atoms with Crippen molar-refractivity contribution >= 4 is 23.2 Å². The van der Waals surface area contributed by atoms with Gasteiger partial charge >= 0.3 is 0 Å². The molecule has 0 amide bonds. The third kappa shape index (κ3) is 3.26. The molecule has 0 saturated carbocycles. The van der Waals surface area contributed by atoms with E-state index in [-0.39, 0.29) is 6.04 Å². The van der Waals surface area contributed by atoms with E-state index in [9.17, 15) is 0 Å². The summed E-state index contributed by atoms with van der Waals surface area (Å²) in [4.78, 5) is 0. The van der Waals surface area contributed by atoms with Gasteiger partial charge in [-0.15, -0.1) is 0 Å². The van der Waals surface area contributed by atoms with Gasteiger partial charge in [0.05, 0.1) is 10.0 Å². The van der Waals surface area contributed by atoms with Crippen molar-refractivity contribution in [3.05, 3.63) is 69.2 Å². The third-order valence-corrected chi connectivity index (χ3v) is 5.00. The highest BCUT2D eigenvalue weighted by molar-refractivity contribution is 6.42. The number of benzene rings is 2. The third-order valence-electron chi connectivity index (χ3n) is 4.26. The second-order valence-electron chi connectivity index (χ2n) is 5.71. The lowest BCUT2D eigenvalue weighted by atomic mass is 9.87. The molecular formula is C18H19Cl2N. The predicted octanol–water partition coefficient (Wildman–Crippen LogP) is 5.72. The number of hydrogen-bond acceptors (Lipinski definition) is 1. The van der Waals surface area contributed by atoms with Crippen LogP contribution in [0.1, 0.15) is 48.5 Å². The summed E-state index contributed by atoms with van der Waals surface area (Å²) < 4.78 is 0. The van der Waals surface area contributed by atoms with E-state index in [4.69, 9.17) is 23.2 Å². The van der Waals surface area contributed by atoms with Crippen LogP contribution >= 0.6 is 23.2 Å². The quantitative estimate of drug-likeness (QED) is 0.762. The summed E-state index contributed by atoms with van der Waals surface area (Å²) in [7, 11) is 0. The molecule has 0 aromatic heterocycles. The highest BCUT2D eigenvalue weighted by Crippen LogP contribution is 2.32. The molecule has 1 aliphatic rings. The first-order valence-corrected chi connectivity index (χ1v) is 8.19. The summed E-state index contributed by atoms with van der Waals surface area (Å²) in [6.45, 7) is 2.18. The van der Waals surface area contributed by atoms with E-state index >= 15 is 0 Å². The van der Waals surface area contributed by atoms with Crippen LogP contribution < -0.4 is 5.32 Å². The smallest absolute Gasteiger partial charge is 0.0595 e. The Morgan fingerprint density at radius 2 is 1.90 bits per heavy atom. The second kappa shape index (κ2) is 6.39. The topological polar surface area (TPSA) is 12.0 Å². The molecule has 0 bridgehead atoms. The lowest BCUT2D eigenvalue weighted by Crippen LogP contribution is -2.27. The number of nitrogens with one attached hydrogen (secondary N) is 1. The van der Waals surface area contributed by atoms with Crippen LogP contribution in [-0.4, -0.2) is 0 Å². The average molecular weight is 320 g/mol. The maximum atomic E-state index is 6.12. The molecule has 0 aliphatic heterocycles. The standard InChI is InChI=1S/C18H19Cl2N/c1-12(14-9-10-16(19)17(20)11-14)21-18-8-4-6-13-5-2-3-7-15(13)18/h2-3,5,7,9-12,18,21H,4,6,8H2,1H3. The van der Waals surface area contributed by atoms with E-state index in [1.54, 1.807) is 0 Å². The summed E-state index contributed by atoms with van der Waals surface area (Å²) >= 11 is 12.1. The monoisotopic (exact) mass is 319 g/mol. The summed E-state index contributed by atoms with van der Waals surface area (Å²) in [5.41, 5.74) is 4.09. The first kappa shape index (κ1) is 14.9. The molecule has 1 aliphatic carbocycles. The van der Waals surface area contributed by atoms with Gasteiger partial charge in [-0.1, -0.05) is 53.5 Å². The van der Waals surface area contributed by atoms with Crippen molar-refractivity contribution in [2.75, 3.05) is 0 Å². The predicted molar refractivity (Wildman–Crippen MR) is 90.1 cm³/mol. The van der Waals surface area contributed by atoms with Gasteiger partial charge in [-0.25, -0.2) is 0 Å². The molecule has 21 heavy (non-hydrogen) atoms. The Kier molecular flexibility index (Phi) is 4.54. The SMILES string of the molecule is CC(NC1CCCc2ccccc21)c1ccc(Cl)c(Cl)c1. The Morgan fingerprint density at radius 3 is 2.71 bits per heavy atom. The second-order valence-corrected chi connectivity index (χ2v) is 6.52. The maximum Gasteiger partial charge on any atom is 0.0595 e. The number of rotatable bonds is 3. The molecule has 3 heteroatoms. The van der Waals surface area contributed by atoms with Gasteiger partial charge in [-0.3, -0.25) is 0 Å². The fourth-order valence-corrected chi connectivity index (χ4v) is 3.41. The molecule has 0 fully saturated rings. The minimum Gasteiger partial charge on any atom is -0.303 e. The van der Waals surface area contributed by atoms with Gasteiger partial charge in [0, 0.05) is 12.1 Å². The molecule has 3 rings (SSSR count). The molecule has 0 saturated heterocycles. The number of fused-ring (bicyclic) bond motifs is 1. The van der Waals surface area contributed by atoms with Crippen LogP contribution in [0.3, 0.4) is 0 Å². The summed E-state index contributed by atoms with van der Waals surface area (Å²) in [5.74, 6) is 0. The van der Waals surface area contributed by atoms with Gasteiger partial charge in [-0.2, -0.15) is 0 Å². The molecule has 2 aromatic carbocycles. The van der Waals surface area contributed by atoms with E-state index in [2.05, 4.69) is 36.5 Å². The van der Waals surface area contributed by atoms with Gasteiger partial charge in [0.25, 0.3) is 0 Å². The van der Waals surface area contributed by atoms with Crippen LogP contribution in [0.2, 0.25) is 10.0 Å². The van der Waals surface area contributed by atoms with E-state index in [0.29, 0.717) is 16.1 Å². The van der Waals surface area contributed by atoms with E-state index in [0.717, 1.165) is 0 Å². The molecule has 1 nitrogen and oxygen atoms in total. The van der Waals surface area contributed by atoms with Crippen LogP contribution in [0, 0.1) is 0 Å². The fraction of sp³-hybridized carbons (Fsp3) is 0.333. The molecule has 0 spiro atoms. The molecule has 110 valence electrons. The van der Waals surface area contributed by atoms with Crippen molar-refractivity contribution in [1.29, 1.82) is 0 Å². The lowest BCUT2D eigenvalue weighted by molar-refractivity contribution is 0.415. The summed E-state index contributed by atoms with van der Waals surface area (Å²) in [6.07, 6.45) is 3.61. The molecular weight excluding hydrogens is 301 g/mol. The zero-order chi connectivity index (χ0) is 14.8. The molecule has 1 N–H and O–H groups in total. The van der Waals surface area contributed by atoms with Crippen LogP contribution in [0.25, 0.3) is 0 Å². The Morgan fingerprint density at radius 1 is 1.10 bits per heavy atom. The number of halogens is 2. The Bertz CT molecular complexity index is 639. The van der Waals surface area contributed by atoms with E-state index in [1.807, 2.05) is 18.2 Å². The van der Waals surface area contributed by atoms with Crippen LogP contribution in [0.15, 0.2) is 42.5 Å². The highest BCUT2D eigenvalue weighted by Gasteiger charge is 2.21. The number of hydrogen-bond donors (Lipinski definition) is 1. The van der Waals surface area contributed by atoms with Gasteiger partial charge in [0.15, 0.2) is 0 Å². The van der Waals surface area contributed by atoms with Crippen molar-refractivity contribution in [3.8, 4) is 0 Å². The van der Waals surface area contributed by atoms with Gasteiger partial charge in [-0.05, 0) is 55.0 Å². The van der Waals surface area contributed by atoms with Crippen molar-refractivity contribution in [3.63, 3.8) is 0 Å². The van der Waals surface area contributed by atoms with E-state index < -0.39 is 0 Å². The zero-order valence-corrected chi connectivity index (χ0v) is 13.6. The lowest BCUT2D eigenvalue weighted by Gasteiger charge is -2.29. The Labute approximate surface area is 136 Å².